The third kappa shape index (κ3) is 4.37. The van der Waals surface area contributed by atoms with Gasteiger partial charge in [0.25, 0.3) is 0 Å². The summed E-state index contributed by atoms with van der Waals surface area (Å²) < 4.78 is 5.99. The number of aromatic nitrogens is 2. The van der Waals surface area contributed by atoms with Gasteiger partial charge in [0.15, 0.2) is 0 Å². The van der Waals surface area contributed by atoms with E-state index in [1.54, 1.807) is 6.33 Å². The quantitative estimate of drug-likeness (QED) is 0.635. The van der Waals surface area contributed by atoms with Gasteiger partial charge in [0, 0.05) is 41.9 Å². The number of aliphatic hydroxyl groups excluding tert-OH is 1. The summed E-state index contributed by atoms with van der Waals surface area (Å²) in [6.45, 7) is 2.03. The number of halogens is 1. The Morgan fingerprint density at radius 3 is 2.94 bits per heavy atom. The van der Waals surface area contributed by atoms with Crippen molar-refractivity contribution in [1.82, 2.24) is 9.97 Å². The lowest BCUT2D eigenvalue weighted by Gasteiger charge is -2.34. The number of aryl methyl sites for hydroxylation is 1. The predicted octanol–water partition coefficient (Wildman–Crippen LogP) is 4.30. The van der Waals surface area contributed by atoms with E-state index >= 15 is 0 Å². The summed E-state index contributed by atoms with van der Waals surface area (Å²) in [7, 11) is 0. The van der Waals surface area contributed by atoms with E-state index in [1.165, 1.54) is 11.1 Å². The Labute approximate surface area is 186 Å². The molecule has 2 aliphatic rings. The van der Waals surface area contributed by atoms with Crippen molar-refractivity contribution in [2.24, 2.45) is 0 Å². The van der Waals surface area contributed by atoms with Crippen molar-refractivity contribution in [2.45, 2.75) is 31.5 Å². The number of hydrogen-bond donors (Lipinski definition) is 2. The number of hydrogen-bond acceptors (Lipinski definition) is 6. The molecule has 6 nitrogen and oxygen atoms in total. The van der Waals surface area contributed by atoms with Gasteiger partial charge in [0.05, 0.1) is 12.7 Å². The maximum atomic E-state index is 10.1. The summed E-state index contributed by atoms with van der Waals surface area (Å²) in [4.78, 5) is 11.1. The standard InChI is InChI=1S/C24H25ClN4O2/c25-20-6-2-1-5-18(20)22-14-29(10-11-31-22)24-13-23(26-15-27-24)28-21-7-3-4-16-8-9-17(30)12-19(16)21/h1-7,13,15,17,22,30H,8-12,14H2,(H,26,27,28)/t17-,22-/m1/s1. The molecule has 1 aromatic heterocycles. The summed E-state index contributed by atoms with van der Waals surface area (Å²) in [6.07, 6.45) is 3.58. The fraction of sp³-hybridized carbons (Fsp3) is 0.333. The molecule has 2 atom stereocenters. The second-order valence-electron chi connectivity index (χ2n) is 8.05. The van der Waals surface area contributed by atoms with Gasteiger partial charge in [-0.1, -0.05) is 41.9 Å². The molecule has 2 N–H and O–H groups in total. The molecule has 2 aromatic carbocycles. The molecular formula is C24H25ClN4O2. The minimum absolute atomic E-state index is 0.101. The Kier molecular flexibility index (Phi) is 5.76. The highest BCUT2D eigenvalue weighted by Crippen LogP contribution is 2.32. The van der Waals surface area contributed by atoms with Gasteiger partial charge in [-0.2, -0.15) is 0 Å². The van der Waals surface area contributed by atoms with Crippen molar-refractivity contribution in [2.75, 3.05) is 29.9 Å². The second kappa shape index (κ2) is 8.83. The van der Waals surface area contributed by atoms with E-state index in [-0.39, 0.29) is 12.2 Å². The number of benzene rings is 2. The Morgan fingerprint density at radius 2 is 2.03 bits per heavy atom. The topological polar surface area (TPSA) is 70.5 Å². The molecule has 0 spiro atoms. The average Bonchev–Trinajstić information content (AvgIpc) is 2.80. The van der Waals surface area contributed by atoms with E-state index in [0.29, 0.717) is 19.6 Å². The molecule has 0 bridgehead atoms. The van der Waals surface area contributed by atoms with Crippen molar-refractivity contribution in [3.05, 3.63) is 76.6 Å². The van der Waals surface area contributed by atoms with E-state index in [1.807, 2.05) is 36.4 Å². The van der Waals surface area contributed by atoms with Crippen LogP contribution in [0.3, 0.4) is 0 Å². The van der Waals surface area contributed by atoms with Crippen LogP contribution in [0.5, 0.6) is 0 Å². The molecule has 31 heavy (non-hydrogen) atoms. The Hall–Kier alpha value is -2.67. The van der Waals surface area contributed by atoms with Crippen LogP contribution < -0.4 is 10.2 Å². The first-order valence-electron chi connectivity index (χ1n) is 10.7. The van der Waals surface area contributed by atoms with Crippen molar-refractivity contribution < 1.29 is 9.84 Å². The van der Waals surface area contributed by atoms with Crippen molar-refractivity contribution >= 4 is 28.9 Å². The van der Waals surface area contributed by atoms with Crippen LogP contribution in [0, 0.1) is 0 Å². The number of nitrogens with one attached hydrogen (secondary N) is 1. The summed E-state index contributed by atoms with van der Waals surface area (Å²) in [5, 5.41) is 14.3. The lowest BCUT2D eigenvalue weighted by atomic mass is 9.88. The zero-order chi connectivity index (χ0) is 21.2. The molecule has 1 aliphatic carbocycles. The lowest BCUT2D eigenvalue weighted by molar-refractivity contribution is 0.0396. The molecule has 1 saturated heterocycles. The third-order valence-corrected chi connectivity index (χ3v) is 6.36. The first kappa shape index (κ1) is 20.2. The molecule has 0 unspecified atom stereocenters. The first-order chi connectivity index (χ1) is 15.2. The van der Waals surface area contributed by atoms with Crippen LogP contribution in [-0.4, -0.2) is 40.9 Å². The molecule has 160 valence electrons. The average molecular weight is 437 g/mol. The Balaban J connectivity index is 1.36. The number of ether oxygens (including phenoxy) is 1. The Morgan fingerprint density at radius 1 is 1.13 bits per heavy atom. The fourth-order valence-electron chi connectivity index (χ4n) is 4.39. The predicted molar refractivity (Wildman–Crippen MR) is 122 cm³/mol. The highest BCUT2D eigenvalue weighted by molar-refractivity contribution is 6.31. The van der Waals surface area contributed by atoms with Crippen LogP contribution >= 0.6 is 11.6 Å². The smallest absolute Gasteiger partial charge is 0.135 e. The zero-order valence-corrected chi connectivity index (χ0v) is 17.9. The summed E-state index contributed by atoms with van der Waals surface area (Å²) in [5.41, 5.74) is 4.46. The SMILES string of the molecule is O[C@@H]1CCc2cccc(Nc3cc(N4CCO[C@@H](c5ccccc5Cl)C4)ncn3)c2C1. The van der Waals surface area contributed by atoms with E-state index < -0.39 is 0 Å². The van der Waals surface area contributed by atoms with Crippen molar-refractivity contribution in [3.8, 4) is 0 Å². The van der Waals surface area contributed by atoms with Crippen molar-refractivity contribution in [3.63, 3.8) is 0 Å². The van der Waals surface area contributed by atoms with Gasteiger partial charge in [-0.15, -0.1) is 0 Å². The third-order valence-electron chi connectivity index (χ3n) is 6.02. The minimum Gasteiger partial charge on any atom is -0.393 e. The lowest BCUT2D eigenvalue weighted by Crippen LogP contribution is -2.39. The number of rotatable bonds is 4. The normalized spacial score (nSPS) is 20.9. The molecular weight excluding hydrogens is 412 g/mol. The van der Waals surface area contributed by atoms with Gasteiger partial charge in [-0.3, -0.25) is 0 Å². The monoisotopic (exact) mass is 436 g/mol. The van der Waals surface area contributed by atoms with Gasteiger partial charge in [0.1, 0.15) is 24.1 Å². The molecule has 2 heterocycles. The van der Waals surface area contributed by atoms with Crippen LogP contribution in [0.1, 0.15) is 29.2 Å². The number of fused-ring (bicyclic) bond motifs is 1. The van der Waals surface area contributed by atoms with Gasteiger partial charge in [-0.05, 0) is 36.1 Å². The van der Waals surface area contributed by atoms with Crippen LogP contribution in [0.4, 0.5) is 17.3 Å². The number of anilines is 3. The minimum atomic E-state index is -0.286. The maximum Gasteiger partial charge on any atom is 0.135 e. The molecule has 7 heteroatoms. The number of aliphatic hydroxyl groups is 1. The van der Waals surface area contributed by atoms with Gasteiger partial charge >= 0.3 is 0 Å². The zero-order valence-electron chi connectivity index (χ0n) is 17.2. The van der Waals surface area contributed by atoms with Crippen LogP contribution in [0.2, 0.25) is 5.02 Å². The summed E-state index contributed by atoms with van der Waals surface area (Å²) >= 11 is 6.38. The van der Waals surface area contributed by atoms with E-state index in [4.69, 9.17) is 16.3 Å². The molecule has 1 aliphatic heterocycles. The number of morpholine rings is 1. The fourth-order valence-corrected chi connectivity index (χ4v) is 4.65. The van der Waals surface area contributed by atoms with Gasteiger partial charge in [-0.25, -0.2) is 9.97 Å². The van der Waals surface area contributed by atoms with Crippen LogP contribution in [-0.2, 0) is 17.6 Å². The Bertz CT molecular complexity index is 1080. The molecule has 1 fully saturated rings. The van der Waals surface area contributed by atoms with Gasteiger partial charge < -0.3 is 20.1 Å². The van der Waals surface area contributed by atoms with Crippen LogP contribution in [0.15, 0.2) is 54.9 Å². The van der Waals surface area contributed by atoms with E-state index in [0.717, 1.165) is 47.3 Å². The molecule has 0 amide bonds. The summed E-state index contributed by atoms with van der Waals surface area (Å²) in [6, 6.07) is 16.0. The molecule has 0 saturated carbocycles. The number of nitrogens with zero attached hydrogens (tertiary/aromatic N) is 3. The molecule has 5 rings (SSSR count). The van der Waals surface area contributed by atoms with E-state index in [2.05, 4.69) is 32.3 Å². The highest BCUT2D eigenvalue weighted by Gasteiger charge is 2.25. The summed E-state index contributed by atoms with van der Waals surface area (Å²) in [5.74, 6) is 1.59. The van der Waals surface area contributed by atoms with Crippen LogP contribution in [0.25, 0.3) is 0 Å². The first-order valence-corrected chi connectivity index (χ1v) is 11.0. The maximum absolute atomic E-state index is 10.1. The largest absolute Gasteiger partial charge is 0.393 e. The van der Waals surface area contributed by atoms with Gasteiger partial charge in [0.2, 0.25) is 0 Å². The van der Waals surface area contributed by atoms with E-state index in [9.17, 15) is 5.11 Å². The molecule has 0 radical (unpaired) electrons. The van der Waals surface area contributed by atoms with Crippen molar-refractivity contribution in [1.29, 1.82) is 0 Å². The second-order valence-corrected chi connectivity index (χ2v) is 8.46. The highest BCUT2D eigenvalue weighted by atomic mass is 35.5. The molecule has 3 aromatic rings.